The molecule has 3 aromatic rings. The summed E-state index contributed by atoms with van der Waals surface area (Å²) >= 11 is 0. The fourth-order valence-corrected chi connectivity index (χ4v) is 3.96. The number of hydrogen-bond donors (Lipinski definition) is 1. The lowest BCUT2D eigenvalue weighted by Crippen LogP contribution is -2.24. The van der Waals surface area contributed by atoms with E-state index in [1.807, 2.05) is 0 Å². The number of fused-ring (bicyclic) bond motifs is 1. The van der Waals surface area contributed by atoms with Crippen LogP contribution in [0.1, 0.15) is 27.4 Å². The van der Waals surface area contributed by atoms with Crippen molar-refractivity contribution in [3.8, 4) is 0 Å². The number of carbonyl (C=O) groups excluding carboxylic acids is 1. The van der Waals surface area contributed by atoms with E-state index in [0.29, 0.717) is 28.2 Å². The van der Waals surface area contributed by atoms with E-state index in [0.717, 1.165) is 9.87 Å². The number of anilines is 1. The summed E-state index contributed by atoms with van der Waals surface area (Å²) in [4.78, 5) is 17.1. The number of nitrogens with zero attached hydrogens (tertiary/aromatic N) is 2. The van der Waals surface area contributed by atoms with Crippen molar-refractivity contribution < 1.29 is 17.6 Å². The Labute approximate surface area is 158 Å². The van der Waals surface area contributed by atoms with Crippen molar-refractivity contribution in [3.05, 3.63) is 52.9 Å². The van der Waals surface area contributed by atoms with Gasteiger partial charge in [0.25, 0.3) is 5.91 Å². The summed E-state index contributed by atoms with van der Waals surface area (Å²) in [5, 5.41) is 2.79. The first-order valence-electron chi connectivity index (χ1n) is 8.32. The number of aryl methyl sites for hydroxylation is 2. The molecule has 3 rings (SSSR count). The molecular formula is C19H21N3O4S. The summed E-state index contributed by atoms with van der Waals surface area (Å²) < 4.78 is 31.7. The first kappa shape index (κ1) is 19.1. The molecule has 0 unspecified atom stereocenters. The minimum Gasteiger partial charge on any atom is -0.441 e. The molecule has 0 spiro atoms. The molecule has 1 amide bonds. The van der Waals surface area contributed by atoms with Crippen molar-refractivity contribution in [3.63, 3.8) is 0 Å². The fourth-order valence-electron chi connectivity index (χ4n) is 2.75. The van der Waals surface area contributed by atoms with E-state index >= 15 is 0 Å². The van der Waals surface area contributed by atoms with Gasteiger partial charge >= 0.3 is 0 Å². The van der Waals surface area contributed by atoms with E-state index in [9.17, 15) is 13.2 Å². The minimum absolute atomic E-state index is 0.125. The fraction of sp³-hybridized carbons (Fsp3) is 0.263. The molecule has 1 N–H and O–H groups in total. The maximum absolute atomic E-state index is 12.7. The van der Waals surface area contributed by atoms with Gasteiger partial charge in [-0.25, -0.2) is 17.7 Å². The minimum atomic E-state index is -3.65. The van der Waals surface area contributed by atoms with Crippen molar-refractivity contribution in [1.29, 1.82) is 0 Å². The molecule has 0 aliphatic rings. The normalized spacial score (nSPS) is 11.9. The highest BCUT2D eigenvalue weighted by Gasteiger charge is 2.23. The monoisotopic (exact) mass is 387 g/mol. The smallest absolute Gasteiger partial charge is 0.255 e. The molecule has 0 bridgehead atoms. The number of nitrogens with one attached hydrogen (secondary N) is 1. The lowest BCUT2D eigenvalue weighted by molar-refractivity contribution is 0.102. The molecule has 27 heavy (non-hydrogen) atoms. The molecule has 0 atom stereocenters. The van der Waals surface area contributed by atoms with Crippen molar-refractivity contribution in [1.82, 2.24) is 9.29 Å². The number of sulfonamides is 1. The Morgan fingerprint density at radius 1 is 1.11 bits per heavy atom. The summed E-state index contributed by atoms with van der Waals surface area (Å²) in [6.45, 7) is 5.26. The van der Waals surface area contributed by atoms with E-state index in [2.05, 4.69) is 10.3 Å². The molecule has 2 aromatic carbocycles. The van der Waals surface area contributed by atoms with E-state index in [1.165, 1.54) is 20.2 Å². The van der Waals surface area contributed by atoms with Crippen LogP contribution >= 0.6 is 0 Å². The predicted octanol–water partition coefficient (Wildman–Crippen LogP) is 3.26. The average molecular weight is 387 g/mol. The van der Waals surface area contributed by atoms with Crippen LogP contribution in [0.25, 0.3) is 11.1 Å². The molecule has 1 heterocycles. The molecule has 0 aliphatic carbocycles. The molecule has 0 saturated carbocycles. The van der Waals surface area contributed by atoms with Gasteiger partial charge in [0, 0.05) is 32.3 Å². The highest BCUT2D eigenvalue weighted by molar-refractivity contribution is 7.89. The first-order chi connectivity index (χ1) is 12.6. The van der Waals surface area contributed by atoms with E-state index < -0.39 is 15.9 Å². The number of carbonyl (C=O) groups is 1. The lowest BCUT2D eigenvalue weighted by atomic mass is 10.1. The van der Waals surface area contributed by atoms with E-state index in [-0.39, 0.29) is 10.5 Å². The maximum atomic E-state index is 12.7. The number of oxazole rings is 1. The lowest BCUT2D eigenvalue weighted by Gasteiger charge is -2.16. The Kier molecular flexibility index (Phi) is 4.79. The maximum Gasteiger partial charge on any atom is 0.255 e. The van der Waals surface area contributed by atoms with Crippen LogP contribution in [0, 0.1) is 20.8 Å². The SMILES string of the molecule is Cc1nc2cc(NC(=O)c3cc(C)c(C)c(S(=O)(=O)N(C)C)c3)ccc2o1. The van der Waals surface area contributed by atoms with Crippen molar-refractivity contribution in [2.24, 2.45) is 0 Å². The molecule has 0 saturated heterocycles. The highest BCUT2D eigenvalue weighted by atomic mass is 32.2. The highest BCUT2D eigenvalue weighted by Crippen LogP contribution is 2.25. The van der Waals surface area contributed by atoms with Gasteiger partial charge in [-0.15, -0.1) is 0 Å². The van der Waals surface area contributed by atoms with Crippen molar-refractivity contribution >= 4 is 32.7 Å². The Morgan fingerprint density at radius 3 is 2.48 bits per heavy atom. The Hall–Kier alpha value is -2.71. The van der Waals surface area contributed by atoms with Crippen LogP contribution in [0.5, 0.6) is 0 Å². The number of benzene rings is 2. The number of aromatic nitrogens is 1. The van der Waals surface area contributed by atoms with Crippen LogP contribution in [0.3, 0.4) is 0 Å². The van der Waals surface area contributed by atoms with Crippen molar-refractivity contribution in [2.45, 2.75) is 25.7 Å². The molecule has 0 fully saturated rings. The quantitative estimate of drug-likeness (QED) is 0.742. The standard InChI is InChI=1S/C19H21N3O4S/c1-11-8-14(9-18(12(11)2)27(24,25)22(4)5)19(23)21-15-6-7-17-16(10-15)20-13(3)26-17/h6-10H,1-5H3,(H,21,23). The van der Waals surface area contributed by atoms with Crippen LogP contribution < -0.4 is 5.32 Å². The second-order valence-corrected chi connectivity index (χ2v) is 8.69. The number of amides is 1. The second-order valence-electron chi connectivity index (χ2n) is 6.57. The Balaban J connectivity index is 1.97. The van der Waals surface area contributed by atoms with Crippen LogP contribution in [0.15, 0.2) is 39.6 Å². The zero-order chi connectivity index (χ0) is 19.9. The molecule has 142 valence electrons. The summed E-state index contributed by atoms with van der Waals surface area (Å²) in [6.07, 6.45) is 0. The third kappa shape index (κ3) is 3.58. The Morgan fingerprint density at radius 2 is 1.81 bits per heavy atom. The first-order valence-corrected chi connectivity index (χ1v) is 9.76. The second kappa shape index (κ2) is 6.79. The van der Waals surface area contributed by atoms with Crippen LogP contribution in [0.4, 0.5) is 5.69 Å². The summed E-state index contributed by atoms with van der Waals surface area (Å²) in [6, 6.07) is 8.24. The van der Waals surface area contributed by atoms with Gasteiger partial charge in [0.15, 0.2) is 11.5 Å². The predicted molar refractivity (Wildman–Crippen MR) is 103 cm³/mol. The summed E-state index contributed by atoms with van der Waals surface area (Å²) in [5.41, 5.74) is 3.45. The van der Waals surface area contributed by atoms with Gasteiger partial charge < -0.3 is 9.73 Å². The van der Waals surface area contributed by atoms with Gasteiger partial charge in [-0.05, 0) is 55.3 Å². The number of rotatable bonds is 4. The average Bonchev–Trinajstić information content (AvgIpc) is 2.96. The molecule has 7 nitrogen and oxygen atoms in total. The molecule has 0 radical (unpaired) electrons. The van der Waals surface area contributed by atoms with Crippen molar-refractivity contribution in [2.75, 3.05) is 19.4 Å². The van der Waals surface area contributed by atoms with E-state index in [1.54, 1.807) is 45.0 Å². The molecule has 0 aliphatic heterocycles. The van der Waals surface area contributed by atoms with Crippen LogP contribution in [-0.4, -0.2) is 37.7 Å². The topological polar surface area (TPSA) is 92.5 Å². The van der Waals surface area contributed by atoms with Gasteiger partial charge in [-0.2, -0.15) is 0 Å². The summed E-state index contributed by atoms with van der Waals surface area (Å²) in [7, 11) is -0.726. The summed E-state index contributed by atoms with van der Waals surface area (Å²) in [5.74, 6) is 0.147. The molecular weight excluding hydrogens is 366 g/mol. The van der Waals surface area contributed by atoms with Gasteiger partial charge in [-0.1, -0.05) is 0 Å². The van der Waals surface area contributed by atoms with Crippen LogP contribution in [-0.2, 0) is 10.0 Å². The third-order valence-electron chi connectivity index (χ3n) is 4.39. The molecule has 8 heteroatoms. The zero-order valence-electron chi connectivity index (χ0n) is 15.8. The van der Waals surface area contributed by atoms with Gasteiger partial charge in [0.1, 0.15) is 5.52 Å². The van der Waals surface area contributed by atoms with Gasteiger partial charge in [0.05, 0.1) is 4.90 Å². The van der Waals surface area contributed by atoms with Gasteiger partial charge in [0.2, 0.25) is 10.0 Å². The van der Waals surface area contributed by atoms with Gasteiger partial charge in [-0.3, -0.25) is 4.79 Å². The third-order valence-corrected chi connectivity index (χ3v) is 6.33. The van der Waals surface area contributed by atoms with Crippen LogP contribution in [0.2, 0.25) is 0 Å². The largest absolute Gasteiger partial charge is 0.441 e. The molecule has 1 aromatic heterocycles. The van der Waals surface area contributed by atoms with E-state index in [4.69, 9.17) is 4.42 Å². The Bertz CT molecular complexity index is 1150. The number of hydrogen-bond acceptors (Lipinski definition) is 5. The zero-order valence-corrected chi connectivity index (χ0v) is 16.6.